The van der Waals surface area contributed by atoms with E-state index in [4.69, 9.17) is 16.7 Å². The van der Waals surface area contributed by atoms with E-state index in [1.54, 1.807) is 12.1 Å². The summed E-state index contributed by atoms with van der Waals surface area (Å²) in [5, 5.41) is 18.4. The Bertz CT molecular complexity index is 647. The van der Waals surface area contributed by atoms with Crippen molar-refractivity contribution in [3.8, 4) is 11.4 Å². The highest BCUT2D eigenvalue weighted by molar-refractivity contribution is 7.99. The number of carboxylic acids is 1. The summed E-state index contributed by atoms with van der Waals surface area (Å²) in [5.41, 5.74) is 0.628. The van der Waals surface area contributed by atoms with Crippen molar-refractivity contribution in [2.24, 2.45) is 0 Å². The second-order valence-corrected chi connectivity index (χ2v) is 6.88. The van der Waals surface area contributed by atoms with Crippen LogP contribution in [0.15, 0.2) is 29.4 Å². The predicted molar refractivity (Wildman–Crippen MR) is 83.8 cm³/mol. The summed E-state index contributed by atoms with van der Waals surface area (Å²) in [6.07, 6.45) is 0. The lowest BCUT2D eigenvalue weighted by Crippen LogP contribution is -2.24. The van der Waals surface area contributed by atoms with Crippen LogP contribution >= 0.6 is 23.4 Å². The minimum Gasteiger partial charge on any atom is -0.481 e. The van der Waals surface area contributed by atoms with Gasteiger partial charge in [0.25, 0.3) is 0 Å². The summed E-state index contributed by atoms with van der Waals surface area (Å²) in [4.78, 5) is 10.8. The van der Waals surface area contributed by atoms with Crippen molar-refractivity contribution in [1.29, 1.82) is 0 Å². The minimum atomic E-state index is -0.878. The average molecular weight is 326 g/mol. The van der Waals surface area contributed by atoms with Crippen LogP contribution in [-0.2, 0) is 10.3 Å². The maximum Gasteiger partial charge on any atom is 0.313 e. The minimum absolute atomic E-state index is 0.0468. The standard InChI is InChI=1S/C14H16ClN3O2S/c1-14(2,3)18-12(9-4-6-10(15)7-5-9)16-17-13(18)21-8-11(19)20/h4-7H,8H2,1-3H3,(H,19,20). The van der Waals surface area contributed by atoms with Gasteiger partial charge < -0.3 is 5.11 Å². The molecule has 1 aromatic heterocycles. The first-order valence-corrected chi connectivity index (χ1v) is 7.72. The molecule has 0 unspecified atom stereocenters. The zero-order chi connectivity index (χ0) is 15.6. The number of aliphatic carboxylic acids is 1. The molecule has 0 saturated carbocycles. The van der Waals surface area contributed by atoms with Crippen molar-refractivity contribution in [3.63, 3.8) is 0 Å². The third kappa shape index (κ3) is 3.77. The Hall–Kier alpha value is -1.53. The largest absolute Gasteiger partial charge is 0.481 e. The van der Waals surface area contributed by atoms with E-state index in [1.807, 2.05) is 37.5 Å². The first-order chi connectivity index (χ1) is 9.79. The first kappa shape index (κ1) is 15.9. The van der Waals surface area contributed by atoms with Crippen LogP contribution in [0.25, 0.3) is 11.4 Å². The van der Waals surface area contributed by atoms with Gasteiger partial charge in [-0.25, -0.2) is 0 Å². The van der Waals surface area contributed by atoms with Gasteiger partial charge >= 0.3 is 5.97 Å². The van der Waals surface area contributed by atoms with Crippen molar-refractivity contribution in [1.82, 2.24) is 14.8 Å². The summed E-state index contributed by atoms with van der Waals surface area (Å²) in [6, 6.07) is 7.34. The van der Waals surface area contributed by atoms with Crippen LogP contribution in [0.1, 0.15) is 20.8 Å². The number of nitrogens with zero attached hydrogens (tertiary/aromatic N) is 3. The van der Waals surface area contributed by atoms with Gasteiger partial charge in [-0.15, -0.1) is 10.2 Å². The van der Waals surface area contributed by atoms with Crippen LogP contribution in [0.2, 0.25) is 5.02 Å². The molecule has 1 heterocycles. The Balaban J connectivity index is 2.46. The molecular weight excluding hydrogens is 310 g/mol. The zero-order valence-corrected chi connectivity index (χ0v) is 13.6. The van der Waals surface area contributed by atoms with E-state index in [9.17, 15) is 4.79 Å². The summed E-state index contributed by atoms with van der Waals surface area (Å²) in [7, 11) is 0. The van der Waals surface area contributed by atoms with Gasteiger partial charge in [-0.3, -0.25) is 9.36 Å². The summed E-state index contributed by atoms with van der Waals surface area (Å²) >= 11 is 7.07. The molecule has 21 heavy (non-hydrogen) atoms. The van der Waals surface area contributed by atoms with Gasteiger partial charge in [-0.1, -0.05) is 23.4 Å². The number of hydrogen-bond acceptors (Lipinski definition) is 4. The molecule has 5 nitrogen and oxygen atoms in total. The molecule has 7 heteroatoms. The topological polar surface area (TPSA) is 68.0 Å². The number of hydrogen-bond donors (Lipinski definition) is 1. The smallest absolute Gasteiger partial charge is 0.313 e. The summed E-state index contributed by atoms with van der Waals surface area (Å²) in [5.74, 6) is -0.224. The molecule has 1 N–H and O–H groups in total. The lowest BCUT2D eigenvalue weighted by molar-refractivity contribution is -0.133. The quantitative estimate of drug-likeness (QED) is 0.871. The van der Waals surface area contributed by atoms with Crippen LogP contribution in [0, 0.1) is 0 Å². The van der Waals surface area contributed by atoms with Crippen molar-refractivity contribution in [2.45, 2.75) is 31.5 Å². The SMILES string of the molecule is CC(C)(C)n1c(SCC(=O)O)nnc1-c1ccc(Cl)cc1. The molecular formula is C14H16ClN3O2S. The van der Waals surface area contributed by atoms with Gasteiger partial charge in [0, 0.05) is 16.1 Å². The third-order valence-corrected chi connectivity index (χ3v) is 3.90. The zero-order valence-electron chi connectivity index (χ0n) is 12.0. The van der Waals surface area contributed by atoms with E-state index >= 15 is 0 Å². The maximum atomic E-state index is 10.8. The van der Waals surface area contributed by atoms with E-state index in [-0.39, 0.29) is 11.3 Å². The molecule has 112 valence electrons. The van der Waals surface area contributed by atoms with Crippen LogP contribution < -0.4 is 0 Å². The highest BCUT2D eigenvalue weighted by atomic mass is 35.5. The fraction of sp³-hybridized carbons (Fsp3) is 0.357. The number of carboxylic acid groups (broad SMARTS) is 1. The Morgan fingerprint density at radius 2 is 1.90 bits per heavy atom. The van der Waals surface area contributed by atoms with E-state index in [2.05, 4.69) is 10.2 Å². The molecule has 0 aliphatic rings. The Labute approximate surface area is 132 Å². The molecule has 1 aromatic carbocycles. The Kier molecular flexibility index (Phi) is 4.58. The number of aromatic nitrogens is 3. The molecule has 0 bridgehead atoms. The van der Waals surface area contributed by atoms with E-state index in [0.29, 0.717) is 16.0 Å². The molecule has 0 atom stereocenters. The van der Waals surface area contributed by atoms with Crippen molar-refractivity contribution in [2.75, 3.05) is 5.75 Å². The molecule has 0 fully saturated rings. The third-order valence-electron chi connectivity index (χ3n) is 2.73. The maximum absolute atomic E-state index is 10.8. The number of halogens is 1. The van der Waals surface area contributed by atoms with Gasteiger partial charge in [0.05, 0.1) is 5.75 Å². The van der Waals surface area contributed by atoms with Gasteiger partial charge in [-0.2, -0.15) is 0 Å². The van der Waals surface area contributed by atoms with Gasteiger partial charge in [-0.05, 0) is 45.0 Å². The molecule has 2 aromatic rings. The van der Waals surface area contributed by atoms with E-state index in [1.165, 1.54) is 0 Å². The number of rotatable bonds is 4. The lowest BCUT2D eigenvalue weighted by Gasteiger charge is -2.24. The number of thioether (sulfide) groups is 1. The van der Waals surface area contributed by atoms with Crippen LogP contribution in [-0.4, -0.2) is 31.6 Å². The van der Waals surface area contributed by atoms with Crippen LogP contribution in [0.5, 0.6) is 0 Å². The number of benzene rings is 1. The van der Waals surface area contributed by atoms with E-state index in [0.717, 1.165) is 17.3 Å². The fourth-order valence-electron chi connectivity index (χ4n) is 1.88. The summed E-state index contributed by atoms with van der Waals surface area (Å²) < 4.78 is 1.95. The molecule has 0 radical (unpaired) electrons. The van der Waals surface area contributed by atoms with Crippen molar-refractivity contribution >= 4 is 29.3 Å². The van der Waals surface area contributed by atoms with Crippen molar-refractivity contribution < 1.29 is 9.90 Å². The van der Waals surface area contributed by atoms with Crippen molar-refractivity contribution in [3.05, 3.63) is 29.3 Å². The normalized spacial score (nSPS) is 11.6. The van der Waals surface area contributed by atoms with Crippen LogP contribution in [0.3, 0.4) is 0 Å². The van der Waals surface area contributed by atoms with Crippen LogP contribution in [0.4, 0.5) is 0 Å². The molecule has 0 spiro atoms. The first-order valence-electron chi connectivity index (χ1n) is 6.35. The molecule has 0 aliphatic carbocycles. The van der Waals surface area contributed by atoms with E-state index < -0.39 is 5.97 Å². The summed E-state index contributed by atoms with van der Waals surface area (Å²) in [6.45, 7) is 6.09. The second kappa shape index (κ2) is 6.07. The van der Waals surface area contributed by atoms with Gasteiger partial charge in [0.15, 0.2) is 11.0 Å². The second-order valence-electron chi connectivity index (χ2n) is 5.50. The monoisotopic (exact) mass is 325 g/mol. The molecule has 0 saturated heterocycles. The Morgan fingerprint density at radius 1 is 1.29 bits per heavy atom. The highest BCUT2D eigenvalue weighted by Gasteiger charge is 2.24. The molecule has 2 rings (SSSR count). The van der Waals surface area contributed by atoms with Gasteiger partial charge in [0.2, 0.25) is 0 Å². The number of carbonyl (C=O) groups is 1. The highest BCUT2D eigenvalue weighted by Crippen LogP contribution is 2.31. The molecule has 0 amide bonds. The Morgan fingerprint density at radius 3 is 2.43 bits per heavy atom. The lowest BCUT2D eigenvalue weighted by atomic mass is 10.1. The average Bonchev–Trinajstić information content (AvgIpc) is 2.81. The molecule has 0 aliphatic heterocycles. The van der Waals surface area contributed by atoms with Gasteiger partial charge in [0.1, 0.15) is 0 Å². The fourth-order valence-corrected chi connectivity index (χ4v) is 2.85. The predicted octanol–water partition coefficient (Wildman–Crippen LogP) is 3.53.